The molecule has 88 valence electrons. The highest BCUT2D eigenvalue weighted by Crippen LogP contribution is 2.14. The van der Waals surface area contributed by atoms with Gasteiger partial charge in [-0.1, -0.05) is 0 Å². The highest BCUT2D eigenvalue weighted by Gasteiger charge is 2.17. The second-order valence-electron chi connectivity index (χ2n) is 3.96. The summed E-state index contributed by atoms with van der Waals surface area (Å²) in [7, 11) is 1.59. The average Bonchev–Trinajstić information content (AvgIpc) is 2.70. The molecule has 1 aromatic heterocycles. The molecule has 0 saturated carbocycles. The van der Waals surface area contributed by atoms with Gasteiger partial charge in [0.1, 0.15) is 5.82 Å². The smallest absolute Gasteiger partial charge is 0.251 e. The summed E-state index contributed by atoms with van der Waals surface area (Å²) in [5.41, 5.74) is 0.536. The summed E-state index contributed by atoms with van der Waals surface area (Å²) in [6.45, 7) is 1.18. The van der Waals surface area contributed by atoms with Gasteiger partial charge in [0.25, 0.3) is 5.56 Å². The van der Waals surface area contributed by atoms with Crippen molar-refractivity contribution in [3.8, 4) is 0 Å². The second kappa shape index (κ2) is 5.23. The molecule has 1 aliphatic rings. The molecule has 2 heterocycles. The van der Waals surface area contributed by atoms with Gasteiger partial charge in [-0.05, 0) is 12.8 Å². The number of rotatable bonds is 4. The molecule has 16 heavy (non-hydrogen) atoms. The lowest BCUT2D eigenvalue weighted by Crippen LogP contribution is -2.18. The van der Waals surface area contributed by atoms with Crippen LogP contribution in [0.5, 0.6) is 0 Å². The van der Waals surface area contributed by atoms with E-state index in [1.165, 1.54) is 6.07 Å². The van der Waals surface area contributed by atoms with Gasteiger partial charge in [-0.2, -0.15) is 0 Å². The quantitative estimate of drug-likeness (QED) is 0.815. The Kier molecular flexibility index (Phi) is 3.69. The fraction of sp³-hybridized carbons (Fsp3) is 0.636. The molecule has 1 fully saturated rings. The first-order valence-electron chi connectivity index (χ1n) is 5.47. The van der Waals surface area contributed by atoms with E-state index in [4.69, 9.17) is 9.47 Å². The van der Waals surface area contributed by atoms with Crippen molar-refractivity contribution in [1.82, 2.24) is 9.97 Å². The van der Waals surface area contributed by atoms with Crippen LogP contribution < -0.4 is 5.56 Å². The molecule has 0 aromatic carbocycles. The SMILES string of the molecule is COCc1cc(=O)[nH]c(CC2CCCO2)n1. The van der Waals surface area contributed by atoms with E-state index in [-0.39, 0.29) is 11.7 Å². The zero-order valence-corrected chi connectivity index (χ0v) is 9.36. The number of methoxy groups -OCH3 is 1. The van der Waals surface area contributed by atoms with E-state index < -0.39 is 0 Å². The molecule has 1 unspecified atom stereocenters. The Morgan fingerprint density at radius 1 is 1.69 bits per heavy atom. The van der Waals surface area contributed by atoms with Crippen LogP contribution in [0.4, 0.5) is 0 Å². The van der Waals surface area contributed by atoms with Crippen LogP contribution in [-0.4, -0.2) is 29.8 Å². The number of ether oxygens (including phenoxy) is 2. The van der Waals surface area contributed by atoms with Crippen LogP contribution in [0.3, 0.4) is 0 Å². The van der Waals surface area contributed by atoms with Crippen molar-refractivity contribution >= 4 is 0 Å². The summed E-state index contributed by atoms with van der Waals surface area (Å²) in [6, 6.07) is 1.46. The fourth-order valence-electron chi connectivity index (χ4n) is 1.90. The van der Waals surface area contributed by atoms with Gasteiger partial charge in [-0.15, -0.1) is 0 Å². The number of nitrogens with one attached hydrogen (secondary N) is 1. The van der Waals surface area contributed by atoms with Gasteiger partial charge < -0.3 is 14.5 Å². The van der Waals surface area contributed by atoms with Crippen LogP contribution in [0.15, 0.2) is 10.9 Å². The summed E-state index contributed by atoms with van der Waals surface area (Å²) in [5, 5.41) is 0. The average molecular weight is 224 g/mol. The van der Waals surface area contributed by atoms with Crippen LogP contribution in [0.1, 0.15) is 24.4 Å². The van der Waals surface area contributed by atoms with Crippen molar-refractivity contribution in [3.63, 3.8) is 0 Å². The van der Waals surface area contributed by atoms with Gasteiger partial charge in [0.2, 0.25) is 0 Å². The zero-order valence-electron chi connectivity index (χ0n) is 9.36. The number of hydrogen-bond acceptors (Lipinski definition) is 4. The second-order valence-corrected chi connectivity index (χ2v) is 3.96. The summed E-state index contributed by atoms with van der Waals surface area (Å²) in [4.78, 5) is 18.4. The minimum Gasteiger partial charge on any atom is -0.378 e. The van der Waals surface area contributed by atoms with Crippen molar-refractivity contribution in [2.45, 2.75) is 32.0 Å². The molecule has 5 nitrogen and oxygen atoms in total. The third-order valence-electron chi connectivity index (χ3n) is 2.58. The van der Waals surface area contributed by atoms with Crippen molar-refractivity contribution in [3.05, 3.63) is 27.9 Å². The van der Waals surface area contributed by atoms with E-state index in [2.05, 4.69) is 9.97 Å². The predicted octanol–water partition coefficient (Wildman–Crippen LogP) is 0.638. The lowest BCUT2D eigenvalue weighted by atomic mass is 10.2. The lowest BCUT2D eigenvalue weighted by Gasteiger charge is -2.09. The third kappa shape index (κ3) is 2.90. The van der Waals surface area contributed by atoms with E-state index in [1.807, 2.05) is 0 Å². The van der Waals surface area contributed by atoms with Crippen molar-refractivity contribution in [2.75, 3.05) is 13.7 Å². The van der Waals surface area contributed by atoms with Gasteiger partial charge in [0, 0.05) is 26.2 Å². The Hall–Kier alpha value is -1.20. The van der Waals surface area contributed by atoms with E-state index in [0.717, 1.165) is 19.4 Å². The summed E-state index contributed by atoms with van der Waals surface area (Å²) in [5.74, 6) is 0.687. The number of aromatic amines is 1. The molecular formula is C11H16N2O3. The van der Waals surface area contributed by atoms with E-state index in [9.17, 15) is 4.79 Å². The fourth-order valence-corrected chi connectivity index (χ4v) is 1.90. The Morgan fingerprint density at radius 3 is 3.25 bits per heavy atom. The number of aromatic nitrogens is 2. The normalized spacial score (nSPS) is 20.2. The number of nitrogens with zero attached hydrogens (tertiary/aromatic N) is 1. The standard InChI is InChI=1S/C11H16N2O3/c1-15-7-8-5-11(14)13-10(12-8)6-9-3-2-4-16-9/h5,9H,2-4,6-7H2,1H3,(H,12,13,14). The van der Waals surface area contributed by atoms with Crippen molar-refractivity contribution < 1.29 is 9.47 Å². The Balaban J connectivity index is 2.10. The summed E-state index contributed by atoms with van der Waals surface area (Å²) >= 11 is 0. The highest BCUT2D eigenvalue weighted by molar-refractivity contribution is 5.02. The Bertz CT molecular complexity index is 396. The largest absolute Gasteiger partial charge is 0.378 e. The minimum absolute atomic E-state index is 0.130. The van der Waals surface area contributed by atoms with E-state index in [1.54, 1.807) is 7.11 Å². The first-order chi connectivity index (χ1) is 7.78. The van der Waals surface area contributed by atoms with E-state index in [0.29, 0.717) is 24.5 Å². The van der Waals surface area contributed by atoms with Crippen LogP contribution in [0, 0.1) is 0 Å². The topological polar surface area (TPSA) is 64.2 Å². The molecule has 0 aliphatic carbocycles. The van der Waals surface area contributed by atoms with Crippen molar-refractivity contribution in [1.29, 1.82) is 0 Å². The highest BCUT2D eigenvalue weighted by atomic mass is 16.5. The van der Waals surface area contributed by atoms with Gasteiger partial charge >= 0.3 is 0 Å². The van der Waals surface area contributed by atoms with Gasteiger partial charge in [-0.3, -0.25) is 4.79 Å². The molecular weight excluding hydrogens is 208 g/mol. The van der Waals surface area contributed by atoms with Gasteiger partial charge in [-0.25, -0.2) is 4.98 Å². The number of H-pyrrole nitrogens is 1. The molecule has 0 radical (unpaired) electrons. The van der Waals surface area contributed by atoms with Crippen LogP contribution in [-0.2, 0) is 22.5 Å². The number of hydrogen-bond donors (Lipinski definition) is 1. The molecule has 0 bridgehead atoms. The third-order valence-corrected chi connectivity index (χ3v) is 2.58. The van der Waals surface area contributed by atoms with Crippen molar-refractivity contribution in [2.24, 2.45) is 0 Å². The molecule has 2 rings (SSSR count). The van der Waals surface area contributed by atoms with Crippen LogP contribution >= 0.6 is 0 Å². The minimum atomic E-state index is -0.130. The summed E-state index contributed by atoms with van der Waals surface area (Å²) in [6.07, 6.45) is 3.00. The van der Waals surface area contributed by atoms with Gasteiger partial charge in [0.15, 0.2) is 0 Å². The molecule has 1 atom stereocenters. The maximum atomic E-state index is 11.4. The first kappa shape index (κ1) is 11.3. The molecule has 1 N–H and O–H groups in total. The predicted molar refractivity (Wildman–Crippen MR) is 58.2 cm³/mol. The summed E-state index contributed by atoms with van der Waals surface area (Å²) < 4.78 is 10.5. The first-order valence-corrected chi connectivity index (χ1v) is 5.47. The van der Waals surface area contributed by atoms with Crippen LogP contribution in [0.2, 0.25) is 0 Å². The van der Waals surface area contributed by atoms with Gasteiger partial charge in [0.05, 0.1) is 18.4 Å². The molecule has 1 aliphatic heterocycles. The Labute approximate surface area is 93.8 Å². The molecule has 0 amide bonds. The molecule has 1 aromatic rings. The zero-order chi connectivity index (χ0) is 11.4. The lowest BCUT2D eigenvalue weighted by molar-refractivity contribution is 0.109. The van der Waals surface area contributed by atoms with E-state index >= 15 is 0 Å². The molecule has 5 heteroatoms. The molecule has 0 spiro atoms. The maximum absolute atomic E-state index is 11.4. The monoisotopic (exact) mass is 224 g/mol. The molecule has 1 saturated heterocycles. The maximum Gasteiger partial charge on any atom is 0.251 e. The Morgan fingerprint density at radius 2 is 2.56 bits per heavy atom. The van der Waals surface area contributed by atoms with Crippen LogP contribution in [0.25, 0.3) is 0 Å².